The number of esters is 1. The second kappa shape index (κ2) is 2.86. The molecule has 3 aliphatic carbocycles. The monoisotopic (exact) mass is 266 g/mol. The van der Waals surface area contributed by atoms with Crippen LogP contribution >= 0.6 is 0 Å². The third-order valence-corrected chi connectivity index (χ3v) is 6.75. The van der Waals surface area contributed by atoms with E-state index in [0.717, 1.165) is 12.8 Å². The molecule has 0 aromatic rings. The first-order valence-corrected chi connectivity index (χ1v) is 7.26. The van der Waals surface area contributed by atoms with E-state index in [9.17, 15) is 15.0 Å². The number of ether oxygens (including phenoxy) is 1. The van der Waals surface area contributed by atoms with Gasteiger partial charge in [0.15, 0.2) is 0 Å². The molecule has 6 atom stereocenters. The third kappa shape index (κ3) is 1.03. The Balaban J connectivity index is 1.85. The topological polar surface area (TPSA) is 66.8 Å². The van der Waals surface area contributed by atoms with Gasteiger partial charge in [0.2, 0.25) is 0 Å². The summed E-state index contributed by atoms with van der Waals surface area (Å²) in [4.78, 5) is 12.2. The van der Waals surface area contributed by atoms with E-state index in [1.807, 2.05) is 0 Å². The summed E-state index contributed by atoms with van der Waals surface area (Å²) in [7, 11) is 0. The van der Waals surface area contributed by atoms with Gasteiger partial charge in [-0.15, -0.1) is 0 Å². The Bertz CT molecular complexity index is 483. The van der Waals surface area contributed by atoms with Crippen molar-refractivity contribution in [1.82, 2.24) is 0 Å². The van der Waals surface area contributed by atoms with Crippen LogP contribution in [-0.2, 0) is 9.53 Å². The van der Waals surface area contributed by atoms with Crippen molar-refractivity contribution in [3.8, 4) is 0 Å². The number of rotatable bonds is 0. The number of aliphatic hydroxyl groups is 2. The minimum atomic E-state index is -1.04. The summed E-state index contributed by atoms with van der Waals surface area (Å²) in [5.41, 5.74) is -2.25. The highest BCUT2D eigenvalue weighted by molar-refractivity contribution is 5.87. The average molecular weight is 266 g/mol. The molecule has 3 saturated carbocycles. The summed E-state index contributed by atoms with van der Waals surface area (Å²) in [5.74, 6) is -0.200. The number of cyclic esters (lactones) is 1. The summed E-state index contributed by atoms with van der Waals surface area (Å²) in [6, 6.07) is 0. The van der Waals surface area contributed by atoms with Gasteiger partial charge < -0.3 is 14.9 Å². The first-order chi connectivity index (χ1) is 8.68. The maximum Gasteiger partial charge on any atom is 0.315 e. The largest absolute Gasteiger partial charge is 0.464 e. The van der Waals surface area contributed by atoms with Gasteiger partial charge in [0.05, 0.1) is 17.1 Å². The average Bonchev–Trinajstić information content (AvgIpc) is 2.80. The first kappa shape index (κ1) is 12.2. The van der Waals surface area contributed by atoms with Crippen LogP contribution in [0.4, 0.5) is 0 Å². The summed E-state index contributed by atoms with van der Waals surface area (Å²) < 4.78 is 5.21. The highest BCUT2D eigenvalue weighted by Crippen LogP contribution is 2.81. The number of carbonyl (C=O) groups excluding carboxylic acids is 1. The van der Waals surface area contributed by atoms with Gasteiger partial charge in [-0.3, -0.25) is 4.79 Å². The molecule has 0 bridgehead atoms. The van der Waals surface area contributed by atoms with Crippen molar-refractivity contribution in [3.63, 3.8) is 0 Å². The van der Waals surface area contributed by atoms with Gasteiger partial charge in [0.1, 0.15) is 12.0 Å². The minimum Gasteiger partial charge on any atom is -0.464 e. The van der Waals surface area contributed by atoms with Crippen molar-refractivity contribution in [2.75, 3.05) is 6.61 Å². The molecule has 0 aromatic heterocycles. The molecule has 1 aliphatic heterocycles. The lowest BCUT2D eigenvalue weighted by molar-refractivity contribution is -0.172. The fourth-order valence-corrected chi connectivity index (χ4v) is 5.81. The van der Waals surface area contributed by atoms with Crippen molar-refractivity contribution in [2.24, 2.45) is 28.1 Å². The zero-order valence-electron chi connectivity index (χ0n) is 11.8. The van der Waals surface area contributed by atoms with E-state index < -0.39 is 22.5 Å². The minimum absolute atomic E-state index is 0.00113. The Morgan fingerprint density at radius 3 is 2.63 bits per heavy atom. The Morgan fingerprint density at radius 2 is 1.95 bits per heavy atom. The smallest absolute Gasteiger partial charge is 0.315 e. The van der Waals surface area contributed by atoms with Crippen LogP contribution in [0.15, 0.2) is 0 Å². The quantitative estimate of drug-likeness (QED) is 0.644. The second-order valence-electron chi connectivity index (χ2n) is 8.25. The van der Waals surface area contributed by atoms with Gasteiger partial charge in [-0.2, -0.15) is 0 Å². The van der Waals surface area contributed by atoms with Crippen molar-refractivity contribution >= 4 is 5.97 Å². The zero-order valence-corrected chi connectivity index (χ0v) is 11.8. The predicted molar refractivity (Wildman–Crippen MR) is 67.1 cm³/mol. The molecule has 4 nitrogen and oxygen atoms in total. The van der Waals surface area contributed by atoms with E-state index in [1.165, 1.54) is 0 Å². The first-order valence-electron chi connectivity index (χ1n) is 7.26. The molecular formula is C15H22O4. The van der Waals surface area contributed by atoms with Crippen molar-refractivity contribution < 1.29 is 19.7 Å². The lowest BCUT2D eigenvalue weighted by atomic mass is 9.60. The lowest BCUT2D eigenvalue weighted by Gasteiger charge is -2.47. The van der Waals surface area contributed by atoms with Crippen molar-refractivity contribution in [3.05, 3.63) is 0 Å². The van der Waals surface area contributed by atoms with Crippen LogP contribution in [0, 0.1) is 28.1 Å². The molecule has 1 saturated heterocycles. The van der Waals surface area contributed by atoms with Gasteiger partial charge in [-0.05, 0) is 43.4 Å². The maximum absolute atomic E-state index is 12.2. The van der Waals surface area contributed by atoms with Crippen LogP contribution in [-0.4, -0.2) is 34.5 Å². The Kier molecular flexibility index (Phi) is 1.83. The van der Waals surface area contributed by atoms with Crippen molar-refractivity contribution in [1.29, 1.82) is 0 Å². The van der Waals surface area contributed by atoms with E-state index in [-0.39, 0.29) is 29.8 Å². The van der Waals surface area contributed by atoms with Gasteiger partial charge in [0, 0.05) is 0 Å². The Morgan fingerprint density at radius 1 is 1.26 bits per heavy atom. The van der Waals surface area contributed by atoms with Gasteiger partial charge in [-0.25, -0.2) is 0 Å². The van der Waals surface area contributed by atoms with Crippen LogP contribution in [0.3, 0.4) is 0 Å². The summed E-state index contributed by atoms with van der Waals surface area (Å²) >= 11 is 0. The Labute approximate surface area is 113 Å². The van der Waals surface area contributed by atoms with Crippen LogP contribution in [0.5, 0.6) is 0 Å². The van der Waals surface area contributed by atoms with Crippen LogP contribution in [0.25, 0.3) is 0 Å². The molecular weight excluding hydrogens is 244 g/mol. The maximum atomic E-state index is 12.2. The summed E-state index contributed by atoms with van der Waals surface area (Å²) in [6.07, 6.45) is 1.87. The molecule has 0 radical (unpaired) electrons. The molecule has 0 unspecified atom stereocenters. The molecule has 2 N–H and O–H groups in total. The molecule has 19 heavy (non-hydrogen) atoms. The van der Waals surface area contributed by atoms with Crippen LogP contribution < -0.4 is 0 Å². The standard InChI is InChI=1S/C15H22O4/c1-12(2)4-8-9(5-12)13(3,18)15-6-14(15,10(8)16)7-19-11(15)17/h8-10,16,18H,4-7H2,1-3H3/t8-,9+,10-,13+,14+,15-/m1/s1. The number of carbonyl (C=O) groups is 1. The third-order valence-electron chi connectivity index (χ3n) is 6.75. The normalized spacial score (nSPS) is 61.1. The molecule has 4 aliphatic rings. The fraction of sp³-hybridized carbons (Fsp3) is 0.933. The van der Waals surface area contributed by atoms with Crippen molar-refractivity contribution in [2.45, 2.75) is 51.7 Å². The fourth-order valence-electron chi connectivity index (χ4n) is 5.81. The van der Waals surface area contributed by atoms with Gasteiger partial charge in [-0.1, -0.05) is 13.8 Å². The van der Waals surface area contributed by atoms with Crippen LogP contribution in [0.1, 0.15) is 40.0 Å². The van der Waals surface area contributed by atoms with E-state index in [2.05, 4.69) is 13.8 Å². The van der Waals surface area contributed by atoms with E-state index in [0.29, 0.717) is 6.42 Å². The predicted octanol–water partition coefficient (Wildman–Crippen LogP) is 1.10. The number of hydrogen-bond donors (Lipinski definition) is 2. The van der Waals surface area contributed by atoms with Gasteiger partial charge in [0.25, 0.3) is 0 Å². The highest BCUT2D eigenvalue weighted by Gasteiger charge is 2.90. The second-order valence-corrected chi connectivity index (χ2v) is 8.25. The zero-order chi connectivity index (χ0) is 13.8. The molecule has 106 valence electrons. The SMILES string of the molecule is CC1(C)C[C@H]2[C@@H](O)[C@]34COC(=O)[C@]3(C4)[C@@](C)(O)[C@H]2C1. The molecule has 4 fully saturated rings. The number of aliphatic hydroxyl groups excluding tert-OH is 1. The molecule has 4 heteroatoms. The lowest BCUT2D eigenvalue weighted by Crippen LogP contribution is -2.58. The van der Waals surface area contributed by atoms with E-state index >= 15 is 0 Å². The van der Waals surface area contributed by atoms with E-state index in [4.69, 9.17) is 4.74 Å². The van der Waals surface area contributed by atoms with Gasteiger partial charge >= 0.3 is 5.97 Å². The molecule has 1 heterocycles. The summed E-state index contributed by atoms with van der Waals surface area (Å²) in [5, 5.41) is 21.9. The number of fused-ring (bicyclic) bond motifs is 1. The van der Waals surface area contributed by atoms with E-state index in [1.54, 1.807) is 6.92 Å². The Hall–Kier alpha value is -0.610. The highest BCUT2D eigenvalue weighted by atomic mass is 16.5. The molecule has 4 rings (SSSR count). The molecule has 0 aromatic carbocycles. The number of hydrogen-bond acceptors (Lipinski definition) is 4. The van der Waals surface area contributed by atoms with Crippen LogP contribution in [0.2, 0.25) is 0 Å². The molecule has 0 amide bonds. The summed E-state index contributed by atoms with van der Waals surface area (Å²) in [6.45, 7) is 6.45. The molecule has 0 spiro atoms.